The van der Waals surface area contributed by atoms with Crippen LogP contribution in [0.3, 0.4) is 0 Å². The van der Waals surface area contributed by atoms with Crippen LogP contribution in [0.5, 0.6) is 0 Å². The van der Waals surface area contributed by atoms with E-state index in [2.05, 4.69) is 4.98 Å². The van der Waals surface area contributed by atoms with Crippen LogP contribution in [0.1, 0.15) is 23.9 Å². The van der Waals surface area contributed by atoms with Gasteiger partial charge in [0.2, 0.25) is 0 Å². The molecule has 0 amide bonds. The molecule has 0 fully saturated rings. The van der Waals surface area contributed by atoms with Crippen molar-refractivity contribution in [1.82, 2.24) is 9.55 Å². The lowest BCUT2D eigenvalue weighted by molar-refractivity contribution is 0.583. The van der Waals surface area contributed by atoms with Crippen LogP contribution in [-0.4, -0.2) is 24.0 Å². The summed E-state index contributed by atoms with van der Waals surface area (Å²) >= 11 is 1.53. The standard InChI is InChI=1S/C19H21N3O2S2/c1-12-11-25-19(20-12)17-10-18(14(3)21(17)4)26(23,24)22-13(2)9-15-7-5-6-8-16(15)22/h5-8,10-11,13H,9H2,1-4H3. The Morgan fingerprint density at radius 1 is 1.23 bits per heavy atom. The zero-order valence-corrected chi connectivity index (χ0v) is 16.9. The second-order valence-electron chi connectivity index (χ2n) is 6.82. The summed E-state index contributed by atoms with van der Waals surface area (Å²) in [4.78, 5) is 4.87. The maximum Gasteiger partial charge on any atom is 0.266 e. The molecule has 26 heavy (non-hydrogen) atoms. The maximum absolute atomic E-state index is 13.5. The molecule has 1 atom stereocenters. The van der Waals surface area contributed by atoms with Crippen LogP contribution in [0, 0.1) is 13.8 Å². The van der Waals surface area contributed by atoms with Gasteiger partial charge in [-0.3, -0.25) is 4.31 Å². The lowest BCUT2D eigenvalue weighted by atomic mass is 10.1. The third-order valence-corrected chi connectivity index (χ3v) is 8.03. The maximum atomic E-state index is 13.5. The molecule has 1 unspecified atom stereocenters. The average Bonchev–Trinajstić information content (AvgIpc) is 3.24. The molecule has 0 aliphatic carbocycles. The minimum absolute atomic E-state index is 0.0948. The summed E-state index contributed by atoms with van der Waals surface area (Å²) in [6.45, 7) is 5.75. The Hall–Kier alpha value is -2.12. The first kappa shape index (κ1) is 17.3. The third kappa shape index (κ3) is 2.49. The summed E-state index contributed by atoms with van der Waals surface area (Å²) in [5.74, 6) is 0. The molecule has 1 aromatic carbocycles. The minimum atomic E-state index is -3.65. The number of fused-ring (bicyclic) bond motifs is 1. The number of hydrogen-bond donors (Lipinski definition) is 0. The van der Waals surface area contributed by atoms with Crippen LogP contribution in [0.4, 0.5) is 5.69 Å². The van der Waals surface area contributed by atoms with Crippen molar-refractivity contribution in [3.05, 3.63) is 52.7 Å². The Morgan fingerprint density at radius 2 is 1.96 bits per heavy atom. The van der Waals surface area contributed by atoms with E-state index in [0.29, 0.717) is 4.90 Å². The van der Waals surface area contributed by atoms with E-state index in [4.69, 9.17) is 0 Å². The van der Waals surface area contributed by atoms with Crippen LogP contribution < -0.4 is 4.31 Å². The van der Waals surface area contributed by atoms with E-state index in [0.717, 1.165) is 39.8 Å². The van der Waals surface area contributed by atoms with Gasteiger partial charge in [-0.2, -0.15) is 0 Å². The Kier molecular flexibility index (Phi) is 3.96. The van der Waals surface area contributed by atoms with Gasteiger partial charge in [-0.1, -0.05) is 18.2 Å². The molecule has 3 aromatic rings. The van der Waals surface area contributed by atoms with Crippen molar-refractivity contribution in [1.29, 1.82) is 0 Å². The lowest BCUT2D eigenvalue weighted by Crippen LogP contribution is -2.35. The van der Waals surface area contributed by atoms with E-state index < -0.39 is 10.0 Å². The normalized spacial score (nSPS) is 16.9. The number of thiazole rings is 1. The summed E-state index contributed by atoms with van der Waals surface area (Å²) < 4.78 is 30.5. The number of aryl methyl sites for hydroxylation is 1. The smallest absolute Gasteiger partial charge is 0.266 e. The van der Waals surface area contributed by atoms with Crippen molar-refractivity contribution in [3.8, 4) is 10.7 Å². The highest BCUT2D eigenvalue weighted by molar-refractivity contribution is 7.93. The van der Waals surface area contributed by atoms with E-state index in [1.807, 2.05) is 62.0 Å². The summed E-state index contributed by atoms with van der Waals surface area (Å²) in [5.41, 5.74) is 4.36. The van der Waals surface area contributed by atoms with E-state index >= 15 is 0 Å². The molecule has 1 aliphatic heterocycles. The van der Waals surface area contributed by atoms with Gasteiger partial charge < -0.3 is 4.57 Å². The first-order chi connectivity index (χ1) is 12.3. The van der Waals surface area contributed by atoms with Crippen molar-refractivity contribution >= 4 is 27.0 Å². The number of nitrogens with zero attached hydrogens (tertiary/aromatic N) is 3. The monoisotopic (exact) mass is 387 g/mol. The van der Waals surface area contributed by atoms with Crippen LogP contribution in [0.2, 0.25) is 0 Å². The van der Waals surface area contributed by atoms with Gasteiger partial charge >= 0.3 is 0 Å². The van der Waals surface area contributed by atoms with Crippen molar-refractivity contribution in [2.45, 2.75) is 38.1 Å². The first-order valence-electron chi connectivity index (χ1n) is 8.52. The van der Waals surface area contributed by atoms with Crippen LogP contribution in [0.15, 0.2) is 40.6 Å². The van der Waals surface area contributed by atoms with E-state index in [1.54, 1.807) is 10.4 Å². The third-order valence-electron chi connectivity index (χ3n) is 5.01. The number of hydrogen-bond acceptors (Lipinski definition) is 4. The second-order valence-corrected chi connectivity index (χ2v) is 9.46. The largest absolute Gasteiger partial charge is 0.345 e. The van der Waals surface area contributed by atoms with Gasteiger partial charge in [-0.05, 0) is 44.9 Å². The highest BCUT2D eigenvalue weighted by Crippen LogP contribution is 2.39. The van der Waals surface area contributed by atoms with Gasteiger partial charge in [0.05, 0.1) is 11.4 Å². The molecule has 2 aromatic heterocycles. The molecule has 0 spiro atoms. The fourth-order valence-electron chi connectivity index (χ4n) is 3.62. The first-order valence-corrected chi connectivity index (χ1v) is 10.8. The number of sulfonamides is 1. The van der Waals surface area contributed by atoms with Crippen molar-refractivity contribution < 1.29 is 8.42 Å². The topological polar surface area (TPSA) is 55.2 Å². The van der Waals surface area contributed by atoms with Gasteiger partial charge in [-0.15, -0.1) is 11.3 Å². The molecule has 0 N–H and O–H groups in total. The molecule has 0 radical (unpaired) electrons. The molecule has 5 nitrogen and oxygen atoms in total. The van der Waals surface area contributed by atoms with Gasteiger partial charge in [-0.25, -0.2) is 13.4 Å². The highest BCUT2D eigenvalue weighted by Gasteiger charge is 2.37. The fraction of sp³-hybridized carbons (Fsp3) is 0.316. The SMILES string of the molecule is Cc1csc(-c2cc(S(=O)(=O)N3c4ccccc4CC3C)c(C)n2C)n1. The number of aromatic nitrogens is 2. The van der Waals surface area contributed by atoms with Gasteiger partial charge in [0.25, 0.3) is 10.0 Å². The molecule has 4 rings (SSSR count). The number of anilines is 1. The lowest BCUT2D eigenvalue weighted by Gasteiger charge is -2.24. The number of rotatable bonds is 3. The Bertz CT molecular complexity index is 1100. The molecule has 0 bridgehead atoms. The summed E-state index contributed by atoms with van der Waals surface area (Å²) in [7, 11) is -1.75. The van der Waals surface area contributed by atoms with E-state index in [-0.39, 0.29) is 6.04 Å². The van der Waals surface area contributed by atoms with Crippen molar-refractivity contribution in [3.63, 3.8) is 0 Å². The van der Waals surface area contributed by atoms with Gasteiger partial charge in [0.1, 0.15) is 9.90 Å². The molecular weight excluding hydrogens is 366 g/mol. The highest BCUT2D eigenvalue weighted by atomic mass is 32.2. The Balaban J connectivity index is 1.85. The van der Waals surface area contributed by atoms with E-state index in [9.17, 15) is 8.42 Å². The Morgan fingerprint density at radius 3 is 2.65 bits per heavy atom. The predicted molar refractivity (Wildman–Crippen MR) is 105 cm³/mol. The quantitative estimate of drug-likeness (QED) is 0.685. The zero-order valence-electron chi connectivity index (χ0n) is 15.2. The predicted octanol–water partition coefficient (Wildman–Crippen LogP) is 3.91. The molecule has 136 valence electrons. The van der Waals surface area contributed by atoms with Crippen LogP contribution >= 0.6 is 11.3 Å². The fourth-order valence-corrected chi connectivity index (χ4v) is 6.44. The molecule has 1 aliphatic rings. The van der Waals surface area contributed by atoms with Gasteiger partial charge in [0, 0.05) is 29.9 Å². The molecule has 0 saturated heterocycles. The van der Waals surface area contributed by atoms with Crippen LogP contribution in [0.25, 0.3) is 10.7 Å². The van der Waals surface area contributed by atoms with Gasteiger partial charge in [0.15, 0.2) is 0 Å². The minimum Gasteiger partial charge on any atom is -0.345 e. The molecule has 7 heteroatoms. The molecule has 3 heterocycles. The van der Waals surface area contributed by atoms with E-state index in [1.165, 1.54) is 11.3 Å². The molecule has 0 saturated carbocycles. The Labute approximate surface area is 158 Å². The second kappa shape index (κ2) is 5.96. The van der Waals surface area contributed by atoms with Crippen molar-refractivity contribution in [2.24, 2.45) is 7.05 Å². The summed E-state index contributed by atoms with van der Waals surface area (Å²) in [6.07, 6.45) is 0.736. The summed E-state index contributed by atoms with van der Waals surface area (Å²) in [5, 5.41) is 2.81. The van der Waals surface area contributed by atoms with Crippen molar-refractivity contribution in [2.75, 3.05) is 4.31 Å². The average molecular weight is 388 g/mol. The molecular formula is C19H21N3O2S2. The summed E-state index contributed by atoms with van der Waals surface area (Å²) in [6, 6.07) is 9.40. The number of para-hydroxylation sites is 1. The number of benzene rings is 1. The van der Waals surface area contributed by atoms with Crippen LogP contribution in [-0.2, 0) is 23.5 Å². The zero-order chi connectivity index (χ0) is 18.6.